The van der Waals surface area contributed by atoms with Gasteiger partial charge in [-0.05, 0) is 56.3 Å². The van der Waals surface area contributed by atoms with Crippen molar-refractivity contribution < 1.29 is 13.2 Å². The summed E-state index contributed by atoms with van der Waals surface area (Å²) in [6.45, 7) is 5.59. The minimum absolute atomic E-state index is 0.351. The van der Waals surface area contributed by atoms with Crippen LogP contribution in [0.2, 0.25) is 0 Å². The summed E-state index contributed by atoms with van der Waals surface area (Å²) in [5.41, 5.74) is 0.713. The van der Waals surface area contributed by atoms with Crippen LogP contribution in [-0.2, 0) is 10.0 Å². The molecule has 0 N–H and O–H groups in total. The lowest BCUT2D eigenvalue weighted by atomic mass is 10.1. The van der Waals surface area contributed by atoms with Crippen LogP contribution in [0.4, 0.5) is 5.69 Å². The maximum Gasteiger partial charge on any atom is 0.265 e. The molecule has 5 rings (SSSR count). The minimum atomic E-state index is -3.70. The van der Waals surface area contributed by atoms with Crippen LogP contribution in [0.5, 0.6) is 5.75 Å². The number of hydrogen-bond donors (Lipinski definition) is 0. The molecule has 3 aromatic rings. The number of hydrogen-bond acceptors (Lipinski definition) is 5. The second-order valence-electron chi connectivity index (χ2n) is 8.76. The summed E-state index contributed by atoms with van der Waals surface area (Å²) in [6.07, 6.45) is 3.53. The quantitative estimate of drug-likeness (QED) is 0.423. The van der Waals surface area contributed by atoms with E-state index in [2.05, 4.69) is 11.8 Å². The van der Waals surface area contributed by atoms with Gasteiger partial charge in [0.15, 0.2) is 0 Å². The maximum absolute atomic E-state index is 13.8. The summed E-state index contributed by atoms with van der Waals surface area (Å²) in [5.74, 6) is 1.45. The zero-order valence-corrected chi connectivity index (χ0v) is 20.6. The van der Waals surface area contributed by atoms with E-state index in [-0.39, 0.29) is 0 Å². The van der Waals surface area contributed by atoms with Crippen LogP contribution >= 0.6 is 11.8 Å². The van der Waals surface area contributed by atoms with E-state index in [9.17, 15) is 8.42 Å². The van der Waals surface area contributed by atoms with Crippen LogP contribution in [0.3, 0.4) is 0 Å². The number of rotatable bonds is 7. The van der Waals surface area contributed by atoms with Crippen LogP contribution in [0.1, 0.15) is 26.2 Å². The van der Waals surface area contributed by atoms with Crippen molar-refractivity contribution in [3.63, 3.8) is 0 Å². The minimum Gasteiger partial charge on any atom is -0.493 e. The van der Waals surface area contributed by atoms with E-state index < -0.39 is 10.0 Å². The van der Waals surface area contributed by atoms with Gasteiger partial charge in [-0.3, -0.25) is 4.31 Å². The normalized spacial score (nSPS) is 19.1. The van der Waals surface area contributed by atoms with Crippen molar-refractivity contribution in [2.75, 3.05) is 36.3 Å². The number of nitrogens with zero attached hydrogens (tertiary/aromatic N) is 2. The highest BCUT2D eigenvalue weighted by Crippen LogP contribution is 2.40. The average Bonchev–Trinajstić information content (AvgIpc) is 3.25. The number of fused-ring (bicyclic) bond motifs is 2. The van der Waals surface area contributed by atoms with Gasteiger partial charge in [-0.25, -0.2) is 8.42 Å². The molecule has 1 atom stereocenters. The van der Waals surface area contributed by atoms with E-state index in [4.69, 9.17) is 4.74 Å². The van der Waals surface area contributed by atoms with Gasteiger partial charge in [-0.15, -0.1) is 11.8 Å². The molecule has 0 amide bonds. The Balaban J connectivity index is 1.36. The van der Waals surface area contributed by atoms with Gasteiger partial charge in [0, 0.05) is 41.2 Å². The fourth-order valence-corrected chi connectivity index (χ4v) is 7.68. The molecular formula is C26H30N2O3S2. The zero-order chi connectivity index (χ0) is 22.8. The summed E-state index contributed by atoms with van der Waals surface area (Å²) in [5, 5.41) is 1.68. The van der Waals surface area contributed by atoms with Crippen molar-refractivity contribution >= 4 is 38.2 Å². The molecule has 5 nitrogen and oxygen atoms in total. The van der Waals surface area contributed by atoms with Crippen molar-refractivity contribution in [3.05, 3.63) is 60.7 Å². The summed E-state index contributed by atoms with van der Waals surface area (Å²) >= 11 is 1.69. The van der Waals surface area contributed by atoms with Gasteiger partial charge in [0.1, 0.15) is 5.75 Å². The Morgan fingerprint density at radius 3 is 2.76 bits per heavy atom. The summed E-state index contributed by atoms with van der Waals surface area (Å²) in [7, 11) is -3.70. The molecular weight excluding hydrogens is 452 g/mol. The first-order chi connectivity index (χ1) is 16.0. The molecule has 7 heteroatoms. The SMILES string of the molecule is CC1CCCN1CCCOc1ccc2c(c1)N(S(=O)(=O)c1cccc3ccccc13)CCS2. The second-order valence-corrected chi connectivity index (χ2v) is 11.7. The van der Waals surface area contributed by atoms with Gasteiger partial charge in [-0.2, -0.15) is 0 Å². The molecule has 2 aliphatic rings. The van der Waals surface area contributed by atoms with Gasteiger partial charge in [0.25, 0.3) is 10.0 Å². The van der Waals surface area contributed by atoms with Crippen molar-refractivity contribution in [2.24, 2.45) is 0 Å². The molecule has 0 aliphatic carbocycles. The molecule has 0 saturated carbocycles. The summed E-state index contributed by atoms with van der Waals surface area (Å²) in [6, 6.07) is 19.6. The molecule has 3 aromatic carbocycles. The third kappa shape index (κ3) is 4.59. The average molecular weight is 483 g/mol. The van der Waals surface area contributed by atoms with E-state index in [1.165, 1.54) is 19.4 Å². The first kappa shape index (κ1) is 22.6. The lowest BCUT2D eigenvalue weighted by Gasteiger charge is -2.30. The van der Waals surface area contributed by atoms with Crippen LogP contribution in [-0.4, -0.2) is 51.4 Å². The fourth-order valence-electron chi connectivity index (χ4n) is 4.83. The second kappa shape index (κ2) is 9.57. The highest BCUT2D eigenvalue weighted by molar-refractivity contribution is 8.00. The molecule has 1 saturated heterocycles. The molecule has 2 heterocycles. The largest absolute Gasteiger partial charge is 0.493 e. The Morgan fingerprint density at radius 2 is 1.91 bits per heavy atom. The Hall–Kier alpha value is -2.22. The Bertz CT molecular complexity index is 1240. The lowest BCUT2D eigenvalue weighted by molar-refractivity contribution is 0.230. The fraction of sp³-hybridized carbons (Fsp3) is 0.385. The Morgan fingerprint density at radius 1 is 1.06 bits per heavy atom. The lowest BCUT2D eigenvalue weighted by Crippen LogP contribution is -2.35. The summed E-state index contributed by atoms with van der Waals surface area (Å²) in [4.78, 5) is 3.85. The molecule has 174 valence electrons. The monoisotopic (exact) mass is 482 g/mol. The zero-order valence-electron chi connectivity index (χ0n) is 18.9. The number of likely N-dealkylation sites (tertiary alicyclic amines) is 1. The van der Waals surface area contributed by atoms with E-state index in [0.717, 1.165) is 40.1 Å². The van der Waals surface area contributed by atoms with Gasteiger partial charge >= 0.3 is 0 Å². The van der Waals surface area contributed by atoms with Crippen molar-refractivity contribution in [1.82, 2.24) is 4.90 Å². The first-order valence-corrected chi connectivity index (χ1v) is 14.1. The summed E-state index contributed by atoms with van der Waals surface area (Å²) < 4.78 is 35.2. The molecule has 2 aliphatic heterocycles. The standard InChI is InChI=1S/C26H30N2O3S2/c1-20-7-5-14-27(20)15-6-17-31-22-12-13-25-24(19-22)28(16-18-32-25)33(29,30)26-11-4-9-21-8-2-3-10-23(21)26/h2-4,8-13,19-20H,5-7,14-18H2,1H3. The van der Waals surface area contributed by atoms with Crippen molar-refractivity contribution in [3.8, 4) is 5.75 Å². The predicted octanol–water partition coefficient (Wildman–Crippen LogP) is 5.39. The molecule has 0 radical (unpaired) electrons. The van der Waals surface area contributed by atoms with Crippen molar-refractivity contribution in [2.45, 2.75) is 42.0 Å². The van der Waals surface area contributed by atoms with Crippen LogP contribution in [0.15, 0.2) is 70.5 Å². The molecule has 0 spiro atoms. The van der Waals surface area contributed by atoms with Crippen LogP contribution in [0, 0.1) is 0 Å². The molecule has 33 heavy (non-hydrogen) atoms. The molecule has 0 aromatic heterocycles. The van der Waals surface area contributed by atoms with Gasteiger partial charge < -0.3 is 9.64 Å². The van der Waals surface area contributed by atoms with E-state index >= 15 is 0 Å². The van der Waals surface area contributed by atoms with Crippen LogP contribution < -0.4 is 9.04 Å². The number of benzene rings is 3. The number of anilines is 1. The van der Waals surface area contributed by atoms with E-state index in [1.807, 2.05) is 54.6 Å². The third-order valence-electron chi connectivity index (χ3n) is 6.62. The third-order valence-corrected chi connectivity index (χ3v) is 9.53. The highest BCUT2D eigenvalue weighted by Gasteiger charge is 2.31. The number of ether oxygens (including phenoxy) is 1. The van der Waals surface area contributed by atoms with E-state index in [0.29, 0.717) is 29.8 Å². The Kier molecular flexibility index (Phi) is 6.54. The van der Waals surface area contributed by atoms with Crippen LogP contribution in [0.25, 0.3) is 10.8 Å². The maximum atomic E-state index is 13.8. The molecule has 0 bridgehead atoms. The van der Waals surface area contributed by atoms with Gasteiger partial charge in [-0.1, -0.05) is 36.4 Å². The van der Waals surface area contributed by atoms with Gasteiger partial charge in [0.05, 0.1) is 17.2 Å². The number of sulfonamides is 1. The van der Waals surface area contributed by atoms with Gasteiger partial charge in [0.2, 0.25) is 0 Å². The smallest absolute Gasteiger partial charge is 0.265 e. The van der Waals surface area contributed by atoms with Crippen molar-refractivity contribution in [1.29, 1.82) is 0 Å². The Labute approximate surface area is 200 Å². The van der Waals surface area contributed by atoms with E-state index in [1.54, 1.807) is 22.1 Å². The number of thioether (sulfide) groups is 1. The molecule has 1 fully saturated rings. The topological polar surface area (TPSA) is 49.9 Å². The predicted molar refractivity (Wildman–Crippen MR) is 136 cm³/mol. The highest BCUT2D eigenvalue weighted by atomic mass is 32.2. The molecule has 1 unspecified atom stereocenters. The first-order valence-electron chi connectivity index (χ1n) is 11.7.